The van der Waals surface area contributed by atoms with Crippen LogP contribution in [-0.4, -0.2) is 43.3 Å². The molecule has 1 saturated heterocycles. The van der Waals surface area contributed by atoms with E-state index < -0.39 is 6.17 Å². The highest BCUT2D eigenvalue weighted by atomic mass is 35.5. The minimum Gasteiger partial charge on any atom is -0.329 e. The standard InChI is InChI=1S/C7H16FN3.ClH/c8-6-3-7(4-10)11(5-6)2-1-9;/h6-7H,1-5,9-10H2;1H/t6-,7+;/m1./s1. The van der Waals surface area contributed by atoms with Crippen LogP contribution in [0.2, 0.25) is 0 Å². The SMILES string of the molecule is Cl.NCCN1C[C@H](F)C[C@H]1CN. The molecular formula is C7H17ClFN3. The summed E-state index contributed by atoms with van der Waals surface area (Å²) in [7, 11) is 0. The van der Waals surface area contributed by atoms with Crippen molar-refractivity contribution in [1.82, 2.24) is 4.90 Å². The van der Waals surface area contributed by atoms with Crippen LogP contribution in [0, 0.1) is 0 Å². The van der Waals surface area contributed by atoms with E-state index in [0.29, 0.717) is 26.1 Å². The molecule has 4 N–H and O–H groups in total. The van der Waals surface area contributed by atoms with Crippen LogP contribution in [-0.2, 0) is 0 Å². The molecule has 1 heterocycles. The van der Waals surface area contributed by atoms with Gasteiger partial charge in [0.25, 0.3) is 0 Å². The lowest BCUT2D eigenvalue weighted by Gasteiger charge is -2.21. The predicted octanol–water partition coefficient (Wildman–Crippen LogP) is -0.262. The summed E-state index contributed by atoms with van der Waals surface area (Å²) in [6.45, 7) is 2.41. The van der Waals surface area contributed by atoms with Gasteiger partial charge in [0.1, 0.15) is 6.17 Å². The number of alkyl halides is 1. The molecule has 0 unspecified atom stereocenters. The minimum atomic E-state index is -0.699. The van der Waals surface area contributed by atoms with Crippen molar-refractivity contribution in [3.8, 4) is 0 Å². The highest BCUT2D eigenvalue weighted by Crippen LogP contribution is 2.18. The summed E-state index contributed by atoms with van der Waals surface area (Å²) in [5.74, 6) is 0. The topological polar surface area (TPSA) is 55.3 Å². The van der Waals surface area contributed by atoms with E-state index in [1.54, 1.807) is 0 Å². The van der Waals surface area contributed by atoms with Gasteiger partial charge in [-0.05, 0) is 6.42 Å². The monoisotopic (exact) mass is 197 g/mol. The molecule has 0 spiro atoms. The third kappa shape index (κ3) is 2.86. The fourth-order valence-electron chi connectivity index (χ4n) is 1.61. The van der Waals surface area contributed by atoms with Crippen molar-refractivity contribution in [3.05, 3.63) is 0 Å². The van der Waals surface area contributed by atoms with Crippen LogP contribution in [0.5, 0.6) is 0 Å². The zero-order chi connectivity index (χ0) is 8.27. The summed E-state index contributed by atoms with van der Waals surface area (Å²) in [6, 6.07) is 0.216. The van der Waals surface area contributed by atoms with E-state index in [4.69, 9.17) is 11.5 Å². The molecule has 0 aromatic heterocycles. The minimum absolute atomic E-state index is 0. The number of likely N-dealkylation sites (tertiary alicyclic amines) is 1. The van der Waals surface area contributed by atoms with Crippen molar-refractivity contribution in [2.24, 2.45) is 11.5 Å². The largest absolute Gasteiger partial charge is 0.329 e. The van der Waals surface area contributed by atoms with E-state index in [-0.39, 0.29) is 18.4 Å². The summed E-state index contributed by atoms with van der Waals surface area (Å²) in [4.78, 5) is 2.03. The van der Waals surface area contributed by atoms with Crippen LogP contribution in [0.4, 0.5) is 4.39 Å². The Morgan fingerprint density at radius 3 is 2.58 bits per heavy atom. The smallest absolute Gasteiger partial charge is 0.114 e. The third-order valence-electron chi connectivity index (χ3n) is 2.17. The highest BCUT2D eigenvalue weighted by molar-refractivity contribution is 5.85. The average molecular weight is 198 g/mol. The molecule has 1 aliphatic rings. The Morgan fingerprint density at radius 2 is 2.08 bits per heavy atom. The summed E-state index contributed by atoms with van der Waals surface area (Å²) in [5.41, 5.74) is 10.8. The molecule has 0 saturated carbocycles. The predicted molar refractivity (Wildman–Crippen MR) is 50.2 cm³/mol. The Morgan fingerprint density at radius 1 is 1.42 bits per heavy atom. The van der Waals surface area contributed by atoms with Gasteiger partial charge in [-0.15, -0.1) is 12.4 Å². The average Bonchev–Trinajstić information content (AvgIpc) is 2.32. The van der Waals surface area contributed by atoms with Crippen molar-refractivity contribution in [2.45, 2.75) is 18.6 Å². The number of hydrogen-bond acceptors (Lipinski definition) is 3. The molecule has 0 bridgehead atoms. The van der Waals surface area contributed by atoms with E-state index in [0.717, 1.165) is 6.54 Å². The normalized spacial score (nSPS) is 30.2. The van der Waals surface area contributed by atoms with E-state index in [1.807, 2.05) is 4.90 Å². The molecular weight excluding hydrogens is 181 g/mol. The fraction of sp³-hybridized carbons (Fsp3) is 1.00. The van der Waals surface area contributed by atoms with Crippen molar-refractivity contribution >= 4 is 12.4 Å². The van der Waals surface area contributed by atoms with Gasteiger partial charge in [0.2, 0.25) is 0 Å². The second-order valence-corrected chi connectivity index (χ2v) is 3.01. The van der Waals surface area contributed by atoms with Crippen molar-refractivity contribution in [3.63, 3.8) is 0 Å². The maximum atomic E-state index is 12.8. The van der Waals surface area contributed by atoms with Crippen LogP contribution in [0.3, 0.4) is 0 Å². The molecule has 0 aliphatic carbocycles. The number of rotatable bonds is 3. The van der Waals surface area contributed by atoms with Gasteiger partial charge >= 0.3 is 0 Å². The third-order valence-corrected chi connectivity index (χ3v) is 2.17. The second-order valence-electron chi connectivity index (χ2n) is 3.01. The molecule has 74 valence electrons. The number of nitrogens with zero attached hydrogens (tertiary/aromatic N) is 1. The van der Waals surface area contributed by atoms with Crippen LogP contribution in [0.25, 0.3) is 0 Å². The van der Waals surface area contributed by atoms with Gasteiger partial charge in [0.05, 0.1) is 0 Å². The molecule has 0 aromatic rings. The molecule has 12 heavy (non-hydrogen) atoms. The maximum Gasteiger partial charge on any atom is 0.114 e. The van der Waals surface area contributed by atoms with Crippen LogP contribution in [0.1, 0.15) is 6.42 Å². The quantitative estimate of drug-likeness (QED) is 0.656. The van der Waals surface area contributed by atoms with Crippen molar-refractivity contribution in [1.29, 1.82) is 0 Å². The van der Waals surface area contributed by atoms with Gasteiger partial charge < -0.3 is 11.5 Å². The molecule has 1 fully saturated rings. The van der Waals surface area contributed by atoms with Gasteiger partial charge in [-0.1, -0.05) is 0 Å². The van der Waals surface area contributed by atoms with Gasteiger partial charge in [0, 0.05) is 32.2 Å². The van der Waals surface area contributed by atoms with Gasteiger partial charge in [-0.2, -0.15) is 0 Å². The molecule has 0 amide bonds. The Kier molecular flexibility index (Phi) is 5.74. The lowest BCUT2D eigenvalue weighted by molar-refractivity contribution is 0.253. The Labute approximate surface area is 78.7 Å². The molecule has 0 aromatic carbocycles. The van der Waals surface area contributed by atoms with E-state index in [1.165, 1.54) is 0 Å². The lowest BCUT2D eigenvalue weighted by atomic mass is 10.2. The maximum absolute atomic E-state index is 12.8. The molecule has 3 nitrogen and oxygen atoms in total. The second kappa shape index (κ2) is 5.70. The summed E-state index contributed by atoms with van der Waals surface area (Å²) < 4.78 is 12.8. The van der Waals surface area contributed by atoms with Crippen molar-refractivity contribution in [2.75, 3.05) is 26.2 Å². The zero-order valence-corrected chi connectivity index (χ0v) is 7.89. The van der Waals surface area contributed by atoms with Crippen LogP contribution >= 0.6 is 12.4 Å². The highest BCUT2D eigenvalue weighted by Gasteiger charge is 2.29. The first kappa shape index (κ1) is 12.1. The first-order valence-electron chi connectivity index (χ1n) is 4.06. The lowest BCUT2D eigenvalue weighted by Crippen LogP contribution is -2.38. The molecule has 0 radical (unpaired) electrons. The van der Waals surface area contributed by atoms with E-state index in [9.17, 15) is 4.39 Å². The first-order valence-corrected chi connectivity index (χ1v) is 4.06. The Balaban J connectivity index is 0.00000121. The van der Waals surface area contributed by atoms with Crippen LogP contribution in [0.15, 0.2) is 0 Å². The molecule has 5 heteroatoms. The first-order chi connectivity index (χ1) is 5.27. The van der Waals surface area contributed by atoms with Gasteiger partial charge in [-0.3, -0.25) is 4.90 Å². The zero-order valence-electron chi connectivity index (χ0n) is 7.08. The van der Waals surface area contributed by atoms with Crippen LogP contribution < -0.4 is 11.5 Å². The Hall–Kier alpha value is 0.1000. The van der Waals surface area contributed by atoms with Gasteiger partial charge in [-0.25, -0.2) is 4.39 Å². The summed E-state index contributed by atoms with van der Waals surface area (Å²) in [6.07, 6.45) is -0.119. The number of nitrogens with two attached hydrogens (primary N) is 2. The van der Waals surface area contributed by atoms with E-state index >= 15 is 0 Å². The van der Waals surface area contributed by atoms with Crippen molar-refractivity contribution < 1.29 is 4.39 Å². The molecule has 2 atom stereocenters. The fourth-order valence-corrected chi connectivity index (χ4v) is 1.61. The molecule has 1 aliphatic heterocycles. The van der Waals surface area contributed by atoms with Gasteiger partial charge in [0.15, 0.2) is 0 Å². The summed E-state index contributed by atoms with van der Waals surface area (Å²) >= 11 is 0. The molecule has 1 rings (SSSR count). The summed E-state index contributed by atoms with van der Waals surface area (Å²) in [5, 5.41) is 0. The van der Waals surface area contributed by atoms with E-state index in [2.05, 4.69) is 0 Å². The number of halogens is 2. The Bertz CT molecular complexity index is 125. The number of hydrogen-bond donors (Lipinski definition) is 2.